The van der Waals surface area contributed by atoms with E-state index in [9.17, 15) is 22.4 Å². The summed E-state index contributed by atoms with van der Waals surface area (Å²) < 4.78 is 54.2. The molecule has 140 valence electrons. The van der Waals surface area contributed by atoms with Crippen molar-refractivity contribution in [3.05, 3.63) is 65.5 Å². The van der Waals surface area contributed by atoms with E-state index in [0.717, 1.165) is 5.56 Å². The highest BCUT2D eigenvalue weighted by molar-refractivity contribution is 5.74. The minimum Gasteiger partial charge on any atom is -0.405 e. The first kappa shape index (κ1) is 19.6. The van der Waals surface area contributed by atoms with Gasteiger partial charge in [-0.1, -0.05) is 30.3 Å². The molecular weight excluding hydrogens is 352 g/mol. The Morgan fingerprint density at radius 1 is 1.15 bits per heavy atom. The van der Waals surface area contributed by atoms with Gasteiger partial charge in [0.05, 0.1) is 6.04 Å². The second-order valence-corrected chi connectivity index (χ2v) is 5.65. The van der Waals surface area contributed by atoms with Gasteiger partial charge in [-0.2, -0.15) is 0 Å². The minimum atomic E-state index is -4.81. The lowest BCUT2D eigenvalue weighted by Gasteiger charge is -2.26. The number of halogens is 4. The number of para-hydroxylation sites is 1. The number of amides is 2. The topological polar surface area (TPSA) is 41.6 Å². The number of carbonyl (C=O) groups excluding carboxylic acids is 1. The van der Waals surface area contributed by atoms with Gasteiger partial charge < -0.3 is 15.0 Å². The zero-order chi connectivity index (χ0) is 19.3. The summed E-state index contributed by atoms with van der Waals surface area (Å²) >= 11 is 0. The number of hydrogen-bond acceptors (Lipinski definition) is 2. The van der Waals surface area contributed by atoms with Crippen molar-refractivity contribution in [2.24, 2.45) is 0 Å². The molecule has 1 atom stereocenters. The number of ether oxygens (including phenoxy) is 1. The Morgan fingerprint density at radius 2 is 1.77 bits per heavy atom. The summed E-state index contributed by atoms with van der Waals surface area (Å²) in [7, 11) is 1.54. The second-order valence-electron chi connectivity index (χ2n) is 5.65. The molecule has 2 aromatic rings. The van der Waals surface area contributed by atoms with Gasteiger partial charge in [-0.15, -0.1) is 13.2 Å². The van der Waals surface area contributed by atoms with E-state index in [1.54, 1.807) is 32.2 Å². The normalized spacial score (nSPS) is 12.4. The molecule has 26 heavy (non-hydrogen) atoms. The van der Waals surface area contributed by atoms with Crippen molar-refractivity contribution in [1.82, 2.24) is 10.2 Å². The SMILES string of the molecule is CC(c1ccc(F)cc1)N(C)C(=O)NCc1ccccc1OC(F)(F)F. The van der Waals surface area contributed by atoms with Crippen LogP contribution in [0.2, 0.25) is 0 Å². The standard InChI is InChI=1S/C18H18F4N2O2/c1-12(13-7-9-15(19)10-8-13)24(2)17(25)23-11-14-5-3-4-6-16(14)26-18(20,21)22/h3-10,12H,11H2,1-2H3,(H,23,25). The van der Waals surface area contributed by atoms with Crippen LogP contribution in [-0.4, -0.2) is 24.3 Å². The van der Waals surface area contributed by atoms with Crippen LogP contribution in [0.25, 0.3) is 0 Å². The van der Waals surface area contributed by atoms with Crippen LogP contribution in [-0.2, 0) is 6.54 Å². The summed E-state index contributed by atoms with van der Waals surface area (Å²) in [5, 5.41) is 2.55. The van der Waals surface area contributed by atoms with E-state index in [2.05, 4.69) is 10.1 Å². The van der Waals surface area contributed by atoms with E-state index in [1.165, 1.54) is 35.2 Å². The van der Waals surface area contributed by atoms with Gasteiger partial charge in [0.1, 0.15) is 11.6 Å². The van der Waals surface area contributed by atoms with Crippen molar-refractivity contribution >= 4 is 6.03 Å². The Kier molecular flexibility index (Phi) is 6.07. The molecule has 0 aliphatic carbocycles. The lowest BCUT2D eigenvalue weighted by molar-refractivity contribution is -0.274. The molecule has 0 saturated carbocycles. The molecule has 1 unspecified atom stereocenters. The number of urea groups is 1. The van der Waals surface area contributed by atoms with Crippen molar-refractivity contribution in [3.63, 3.8) is 0 Å². The van der Waals surface area contributed by atoms with E-state index in [4.69, 9.17) is 0 Å². The highest BCUT2D eigenvalue weighted by Gasteiger charge is 2.32. The Labute approximate surface area is 148 Å². The van der Waals surface area contributed by atoms with Gasteiger partial charge in [-0.25, -0.2) is 9.18 Å². The molecule has 0 aromatic heterocycles. The molecule has 0 bridgehead atoms. The van der Waals surface area contributed by atoms with Crippen LogP contribution in [0.4, 0.5) is 22.4 Å². The number of nitrogens with zero attached hydrogens (tertiary/aromatic N) is 1. The molecule has 0 heterocycles. The monoisotopic (exact) mass is 370 g/mol. The summed E-state index contributed by atoms with van der Waals surface area (Å²) in [6.45, 7) is 1.62. The molecule has 0 saturated heterocycles. The van der Waals surface area contributed by atoms with Crippen molar-refractivity contribution in [2.75, 3.05) is 7.05 Å². The lowest BCUT2D eigenvalue weighted by Crippen LogP contribution is -2.38. The zero-order valence-corrected chi connectivity index (χ0v) is 14.2. The average Bonchev–Trinajstić information content (AvgIpc) is 2.58. The molecule has 0 radical (unpaired) electrons. The largest absolute Gasteiger partial charge is 0.573 e. The Morgan fingerprint density at radius 3 is 2.38 bits per heavy atom. The molecule has 2 aromatic carbocycles. The van der Waals surface area contributed by atoms with Gasteiger partial charge in [0.2, 0.25) is 0 Å². The molecule has 2 rings (SSSR count). The van der Waals surface area contributed by atoms with Crippen molar-refractivity contribution in [2.45, 2.75) is 25.9 Å². The van der Waals surface area contributed by atoms with Crippen LogP contribution in [0.3, 0.4) is 0 Å². The van der Waals surface area contributed by atoms with Gasteiger partial charge in [0.15, 0.2) is 0 Å². The number of hydrogen-bond donors (Lipinski definition) is 1. The van der Waals surface area contributed by atoms with E-state index in [0.29, 0.717) is 0 Å². The van der Waals surface area contributed by atoms with Crippen LogP contribution in [0.15, 0.2) is 48.5 Å². The van der Waals surface area contributed by atoms with Crippen molar-refractivity contribution in [3.8, 4) is 5.75 Å². The minimum absolute atomic E-state index is 0.133. The van der Waals surface area contributed by atoms with Crippen LogP contribution in [0.5, 0.6) is 5.75 Å². The fraction of sp³-hybridized carbons (Fsp3) is 0.278. The summed E-state index contributed by atoms with van der Waals surface area (Å²) in [5.41, 5.74) is 0.922. The summed E-state index contributed by atoms with van der Waals surface area (Å²) in [4.78, 5) is 13.6. The first-order chi connectivity index (χ1) is 12.2. The van der Waals surface area contributed by atoms with Gasteiger partial charge in [-0.3, -0.25) is 0 Å². The molecule has 8 heteroatoms. The van der Waals surface area contributed by atoms with Crippen molar-refractivity contribution < 1.29 is 27.1 Å². The highest BCUT2D eigenvalue weighted by atomic mass is 19.4. The van der Waals surface area contributed by atoms with Gasteiger partial charge >= 0.3 is 12.4 Å². The first-order valence-electron chi connectivity index (χ1n) is 7.77. The average molecular weight is 370 g/mol. The number of rotatable bonds is 5. The summed E-state index contributed by atoms with van der Waals surface area (Å²) in [6, 6.07) is 10.5. The third kappa shape index (κ3) is 5.37. The molecular formula is C18H18F4N2O2. The predicted octanol–water partition coefficient (Wildman–Crippen LogP) is 4.63. The zero-order valence-electron chi connectivity index (χ0n) is 14.2. The first-order valence-corrected chi connectivity index (χ1v) is 7.77. The molecule has 0 fully saturated rings. The maximum absolute atomic E-state index is 13.0. The van der Waals surface area contributed by atoms with Crippen molar-refractivity contribution in [1.29, 1.82) is 0 Å². The molecule has 0 aliphatic rings. The van der Waals surface area contributed by atoms with E-state index in [1.807, 2.05) is 0 Å². The number of benzene rings is 2. The third-order valence-corrected chi connectivity index (χ3v) is 3.88. The van der Waals surface area contributed by atoms with Crippen LogP contribution in [0, 0.1) is 5.82 Å². The van der Waals surface area contributed by atoms with E-state index >= 15 is 0 Å². The van der Waals surface area contributed by atoms with Crippen LogP contribution in [0.1, 0.15) is 24.1 Å². The van der Waals surface area contributed by atoms with Crippen LogP contribution < -0.4 is 10.1 Å². The van der Waals surface area contributed by atoms with E-state index in [-0.39, 0.29) is 29.7 Å². The fourth-order valence-electron chi connectivity index (χ4n) is 2.31. The molecule has 4 nitrogen and oxygen atoms in total. The Bertz CT molecular complexity index is 748. The third-order valence-electron chi connectivity index (χ3n) is 3.88. The lowest BCUT2D eigenvalue weighted by atomic mass is 10.1. The number of carbonyl (C=O) groups is 1. The highest BCUT2D eigenvalue weighted by Crippen LogP contribution is 2.26. The molecule has 2 amide bonds. The maximum atomic E-state index is 13.0. The predicted molar refractivity (Wildman–Crippen MR) is 87.9 cm³/mol. The Hall–Kier alpha value is -2.77. The molecule has 0 spiro atoms. The van der Waals surface area contributed by atoms with Crippen LogP contribution >= 0.6 is 0 Å². The van der Waals surface area contributed by atoms with Gasteiger partial charge in [-0.05, 0) is 30.7 Å². The Balaban J connectivity index is 2.01. The fourth-order valence-corrected chi connectivity index (χ4v) is 2.31. The number of alkyl halides is 3. The smallest absolute Gasteiger partial charge is 0.405 e. The van der Waals surface area contributed by atoms with Gasteiger partial charge in [0.25, 0.3) is 0 Å². The summed E-state index contributed by atoms with van der Waals surface area (Å²) in [6.07, 6.45) is -4.81. The van der Waals surface area contributed by atoms with E-state index < -0.39 is 12.4 Å². The summed E-state index contributed by atoms with van der Waals surface area (Å²) in [5.74, 6) is -0.746. The molecule has 1 N–H and O–H groups in total. The maximum Gasteiger partial charge on any atom is 0.573 e. The second kappa shape index (κ2) is 8.07. The number of nitrogens with one attached hydrogen (secondary N) is 1. The quantitative estimate of drug-likeness (QED) is 0.780. The molecule has 0 aliphatic heterocycles. The van der Waals surface area contributed by atoms with Gasteiger partial charge in [0, 0.05) is 19.2 Å².